The molecule has 2 amide bonds. The quantitative estimate of drug-likeness (QED) is 0.301. The third-order valence-electron chi connectivity index (χ3n) is 6.63. The van der Waals surface area contributed by atoms with Gasteiger partial charge in [-0.25, -0.2) is 8.42 Å². The molecule has 0 aliphatic heterocycles. The van der Waals surface area contributed by atoms with Crippen molar-refractivity contribution in [1.29, 1.82) is 0 Å². The maximum Gasteiger partial charge on any atom is 0.243 e. The number of aryl methyl sites for hydroxylation is 1. The molecule has 0 aromatic heterocycles. The van der Waals surface area contributed by atoms with Crippen molar-refractivity contribution in [3.8, 4) is 0 Å². The van der Waals surface area contributed by atoms with Crippen molar-refractivity contribution < 1.29 is 18.0 Å². The van der Waals surface area contributed by atoms with E-state index >= 15 is 0 Å². The third kappa shape index (κ3) is 9.52. The molecule has 0 bridgehead atoms. The predicted octanol–water partition coefficient (Wildman–Crippen LogP) is 4.95. The number of nitrogens with one attached hydrogen (secondary N) is 1. The smallest absolute Gasteiger partial charge is 0.243 e. The van der Waals surface area contributed by atoms with Crippen LogP contribution in [0.2, 0.25) is 0 Å². The average molecular weight is 564 g/mol. The number of anilines is 1. The van der Waals surface area contributed by atoms with Gasteiger partial charge in [0.2, 0.25) is 21.8 Å². The fraction of sp³-hybridized carbons (Fsp3) is 0.375. The van der Waals surface area contributed by atoms with E-state index in [1.807, 2.05) is 93.6 Å². The van der Waals surface area contributed by atoms with Gasteiger partial charge in [-0.2, -0.15) is 0 Å². The van der Waals surface area contributed by atoms with Crippen molar-refractivity contribution in [3.05, 3.63) is 102 Å². The van der Waals surface area contributed by atoms with Crippen LogP contribution < -0.4 is 9.62 Å². The Hall–Kier alpha value is -3.65. The highest BCUT2D eigenvalue weighted by molar-refractivity contribution is 7.92. The minimum Gasteiger partial charge on any atom is -0.354 e. The van der Waals surface area contributed by atoms with Gasteiger partial charge in [0.25, 0.3) is 0 Å². The van der Waals surface area contributed by atoms with Gasteiger partial charge in [-0.15, -0.1) is 0 Å². The second-order valence-electron chi connectivity index (χ2n) is 10.6. The van der Waals surface area contributed by atoms with Crippen LogP contribution in [-0.4, -0.2) is 50.5 Å². The Bertz CT molecular complexity index is 1330. The molecule has 3 aromatic carbocycles. The zero-order valence-electron chi connectivity index (χ0n) is 23.9. The molecule has 1 atom stereocenters. The van der Waals surface area contributed by atoms with Crippen LogP contribution in [0.3, 0.4) is 0 Å². The van der Waals surface area contributed by atoms with Crippen LogP contribution >= 0.6 is 0 Å². The van der Waals surface area contributed by atoms with Crippen molar-refractivity contribution >= 4 is 27.5 Å². The highest BCUT2D eigenvalue weighted by Crippen LogP contribution is 2.21. The van der Waals surface area contributed by atoms with E-state index in [0.29, 0.717) is 25.1 Å². The van der Waals surface area contributed by atoms with E-state index in [4.69, 9.17) is 0 Å². The van der Waals surface area contributed by atoms with Crippen molar-refractivity contribution in [2.45, 2.75) is 52.6 Å². The van der Waals surface area contributed by atoms with Gasteiger partial charge >= 0.3 is 0 Å². The molecule has 8 heteroatoms. The molecule has 0 aliphatic carbocycles. The van der Waals surface area contributed by atoms with Gasteiger partial charge in [-0.1, -0.05) is 92.2 Å². The molecule has 40 heavy (non-hydrogen) atoms. The Morgan fingerprint density at radius 1 is 0.850 bits per heavy atom. The fourth-order valence-electron chi connectivity index (χ4n) is 4.47. The Balaban J connectivity index is 1.85. The molecule has 0 heterocycles. The first-order chi connectivity index (χ1) is 19.0. The number of nitrogens with zero attached hydrogens (tertiary/aromatic N) is 2. The summed E-state index contributed by atoms with van der Waals surface area (Å²) in [5, 5.41) is 3.02. The number of carbonyl (C=O) groups excluding carboxylic acids is 2. The summed E-state index contributed by atoms with van der Waals surface area (Å²) in [5.41, 5.74) is 3.48. The van der Waals surface area contributed by atoms with Crippen LogP contribution in [0.25, 0.3) is 0 Å². The second kappa shape index (κ2) is 14.7. The van der Waals surface area contributed by atoms with E-state index in [-0.39, 0.29) is 37.2 Å². The third-order valence-corrected chi connectivity index (χ3v) is 7.82. The zero-order valence-corrected chi connectivity index (χ0v) is 24.7. The summed E-state index contributed by atoms with van der Waals surface area (Å²) in [6, 6.07) is 25.9. The maximum atomic E-state index is 13.8. The van der Waals surface area contributed by atoms with Crippen molar-refractivity contribution in [1.82, 2.24) is 10.2 Å². The lowest BCUT2D eigenvalue weighted by Crippen LogP contribution is -2.51. The fourth-order valence-corrected chi connectivity index (χ4v) is 5.44. The first kappa shape index (κ1) is 30.9. The predicted molar refractivity (Wildman–Crippen MR) is 161 cm³/mol. The molecule has 0 radical (unpaired) electrons. The largest absolute Gasteiger partial charge is 0.354 e. The van der Waals surface area contributed by atoms with Gasteiger partial charge in [-0.05, 0) is 42.5 Å². The molecule has 214 valence electrons. The monoisotopic (exact) mass is 563 g/mol. The molecule has 7 nitrogen and oxygen atoms in total. The SMILES string of the molecule is Cc1ccc(N(CCCC(=O)N(Cc2ccccc2)[C@@H](Cc2ccccc2)C(=O)NCC(C)C)S(C)(=O)=O)cc1. The Labute approximate surface area is 239 Å². The van der Waals surface area contributed by atoms with Gasteiger partial charge in [0.1, 0.15) is 6.04 Å². The van der Waals surface area contributed by atoms with Gasteiger partial charge in [-0.3, -0.25) is 13.9 Å². The number of benzene rings is 3. The minimum absolute atomic E-state index is 0.105. The lowest BCUT2D eigenvalue weighted by atomic mass is 10.0. The van der Waals surface area contributed by atoms with Gasteiger partial charge in [0.05, 0.1) is 11.9 Å². The molecule has 0 saturated carbocycles. The molecular formula is C32H41N3O4S. The number of amides is 2. The Morgan fingerprint density at radius 2 is 1.43 bits per heavy atom. The molecule has 3 rings (SSSR count). The molecule has 0 unspecified atom stereocenters. The minimum atomic E-state index is -3.54. The van der Waals surface area contributed by atoms with E-state index in [1.165, 1.54) is 10.6 Å². The molecule has 0 saturated heterocycles. The number of hydrogen-bond acceptors (Lipinski definition) is 4. The van der Waals surface area contributed by atoms with Crippen LogP contribution in [0.15, 0.2) is 84.9 Å². The first-order valence-electron chi connectivity index (χ1n) is 13.7. The van der Waals surface area contributed by atoms with Crippen molar-refractivity contribution in [2.75, 3.05) is 23.7 Å². The van der Waals surface area contributed by atoms with Crippen LogP contribution in [0.1, 0.15) is 43.4 Å². The Morgan fingerprint density at radius 3 is 1.98 bits per heavy atom. The van der Waals surface area contributed by atoms with E-state index in [1.54, 1.807) is 17.0 Å². The van der Waals surface area contributed by atoms with Gasteiger partial charge in [0.15, 0.2) is 0 Å². The van der Waals surface area contributed by atoms with E-state index in [2.05, 4.69) is 5.32 Å². The molecule has 1 N–H and O–H groups in total. The maximum absolute atomic E-state index is 13.8. The summed E-state index contributed by atoms with van der Waals surface area (Å²) in [7, 11) is -3.54. The zero-order chi connectivity index (χ0) is 29.1. The second-order valence-corrected chi connectivity index (χ2v) is 12.5. The highest BCUT2D eigenvalue weighted by atomic mass is 32.2. The topological polar surface area (TPSA) is 86.8 Å². The Kier molecular flexibility index (Phi) is 11.3. The van der Waals surface area contributed by atoms with Gasteiger partial charge < -0.3 is 10.2 Å². The van der Waals surface area contributed by atoms with E-state index in [0.717, 1.165) is 16.7 Å². The first-order valence-corrected chi connectivity index (χ1v) is 15.6. The van der Waals surface area contributed by atoms with Crippen LogP contribution in [-0.2, 0) is 32.6 Å². The molecule has 0 aliphatic rings. The van der Waals surface area contributed by atoms with Crippen molar-refractivity contribution in [3.63, 3.8) is 0 Å². The molecule has 0 spiro atoms. The molecule has 3 aromatic rings. The number of hydrogen-bond donors (Lipinski definition) is 1. The standard InChI is InChI=1S/C32H41N3O4S/c1-25(2)23-33-32(37)30(22-27-12-7-5-8-13-27)34(24-28-14-9-6-10-15-28)31(36)16-11-21-35(40(4,38)39)29-19-17-26(3)18-20-29/h5-10,12-15,17-20,25,30H,11,16,21-24H2,1-4H3,(H,33,37)/t30-/m0/s1. The van der Waals surface area contributed by atoms with Crippen molar-refractivity contribution in [2.24, 2.45) is 5.92 Å². The number of sulfonamides is 1. The van der Waals surface area contributed by atoms with Crippen LogP contribution in [0, 0.1) is 12.8 Å². The summed E-state index contributed by atoms with van der Waals surface area (Å²) in [4.78, 5) is 29.0. The summed E-state index contributed by atoms with van der Waals surface area (Å²) < 4.78 is 26.5. The van der Waals surface area contributed by atoms with E-state index < -0.39 is 16.1 Å². The van der Waals surface area contributed by atoms with E-state index in [9.17, 15) is 18.0 Å². The lowest BCUT2D eigenvalue weighted by Gasteiger charge is -2.32. The molecule has 0 fully saturated rings. The normalized spacial score (nSPS) is 12.1. The summed E-state index contributed by atoms with van der Waals surface area (Å²) in [6.07, 6.45) is 1.97. The number of rotatable bonds is 14. The van der Waals surface area contributed by atoms with Crippen LogP contribution in [0.4, 0.5) is 5.69 Å². The summed E-state index contributed by atoms with van der Waals surface area (Å²) in [5.74, 6) is -0.121. The molecular weight excluding hydrogens is 522 g/mol. The summed E-state index contributed by atoms with van der Waals surface area (Å²) >= 11 is 0. The summed E-state index contributed by atoms with van der Waals surface area (Å²) in [6.45, 7) is 6.95. The van der Waals surface area contributed by atoms with Gasteiger partial charge in [0, 0.05) is 32.5 Å². The number of carbonyl (C=O) groups is 2. The highest BCUT2D eigenvalue weighted by Gasteiger charge is 2.30. The average Bonchev–Trinajstić information content (AvgIpc) is 2.92. The van der Waals surface area contributed by atoms with Crippen LogP contribution in [0.5, 0.6) is 0 Å². The lowest BCUT2D eigenvalue weighted by molar-refractivity contribution is -0.141.